The third-order valence-corrected chi connectivity index (χ3v) is 5.80. The lowest BCUT2D eigenvalue weighted by Crippen LogP contribution is -2.47. The number of piperidine rings is 1. The van der Waals surface area contributed by atoms with E-state index in [1.165, 1.54) is 12.0 Å². The van der Waals surface area contributed by atoms with Crippen LogP contribution in [0.4, 0.5) is 0 Å². The SMILES string of the molecule is CCn1nc(C(=O)N2C[C@H]3CC[C@@H]2CN(Cc2ccccc2)C3)cc1C. The van der Waals surface area contributed by atoms with E-state index in [1.807, 2.05) is 17.7 Å². The van der Waals surface area contributed by atoms with Gasteiger partial charge in [0.25, 0.3) is 5.91 Å². The van der Waals surface area contributed by atoms with Crippen molar-refractivity contribution in [1.29, 1.82) is 0 Å². The predicted molar refractivity (Wildman–Crippen MR) is 102 cm³/mol. The first-order chi connectivity index (χ1) is 12.6. The van der Waals surface area contributed by atoms with Crippen LogP contribution in [0.1, 0.15) is 41.5 Å². The third-order valence-electron chi connectivity index (χ3n) is 5.80. The molecule has 2 aromatic rings. The molecular weight excluding hydrogens is 324 g/mol. The molecule has 3 fully saturated rings. The molecule has 3 saturated heterocycles. The number of rotatable bonds is 4. The minimum atomic E-state index is 0.108. The Morgan fingerprint density at radius 3 is 2.69 bits per heavy atom. The fourth-order valence-corrected chi connectivity index (χ4v) is 4.48. The normalized spacial score (nSPS) is 23.2. The van der Waals surface area contributed by atoms with Gasteiger partial charge in [-0.15, -0.1) is 0 Å². The van der Waals surface area contributed by atoms with Gasteiger partial charge < -0.3 is 4.90 Å². The Bertz CT molecular complexity index is 770. The summed E-state index contributed by atoms with van der Waals surface area (Å²) in [5, 5.41) is 4.52. The van der Waals surface area contributed by atoms with Crippen LogP contribution in [0.15, 0.2) is 36.4 Å². The minimum absolute atomic E-state index is 0.108. The zero-order chi connectivity index (χ0) is 18.1. The molecule has 5 nitrogen and oxygen atoms in total. The van der Waals surface area contributed by atoms with Gasteiger partial charge in [0.2, 0.25) is 0 Å². The van der Waals surface area contributed by atoms with E-state index in [2.05, 4.69) is 52.2 Å². The summed E-state index contributed by atoms with van der Waals surface area (Å²) in [6, 6.07) is 12.9. The number of nitrogens with zero attached hydrogens (tertiary/aromatic N) is 4. The highest BCUT2D eigenvalue weighted by Crippen LogP contribution is 2.30. The Labute approximate surface area is 155 Å². The van der Waals surface area contributed by atoms with Crippen molar-refractivity contribution in [3.8, 4) is 0 Å². The average Bonchev–Trinajstić information content (AvgIpc) is 2.82. The Kier molecular flexibility index (Phi) is 4.81. The lowest BCUT2D eigenvalue weighted by Gasteiger charge is -2.35. The number of amides is 1. The molecule has 2 bridgehead atoms. The highest BCUT2D eigenvalue weighted by Gasteiger charge is 2.38. The molecule has 3 aliphatic rings. The van der Waals surface area contributed by atoms with Crippen molar-refractivity contribution in [1.82, 2.24) is 19.6 Å². The van der Waals surface area contributed by atoms with E-state index in [-0.39, 0.29) is 5.91 Å². The second kappa shape index (κ2) is 7.23. The van der Waals surface area contributed by atoms with Gasteiger partial charge in [0, 0.05) is 44.5 Å². The largest absolute Gasteiger partial charge is 0.333 e. The van der Waals surface area contributed by atoms with Crippen molar-refractivity contribution in [3.63, 3.8) is 0 Å². The van der Waals surface area contributed by atoms with Crippen LogP contribution in [0.3, 0.4) is 0 Å². The summed E-state index contributed by atoms with van der Waals surface area (Å²) in [5.41, 5.74) is 3.01. The molecule has 0 radical (unpaired) electrons. The highest BCUT2D eigenvalue weighted by atomic mass is 16.2. The smallest absolute Gasteiger partial charge is 0.274 e. The third kappa shape index (κ3) is 3.40. The maximum Gasteiger partial charge on any atom is 0.274 e. The summed E-state index contributed by atoms with van der Waals surface area (Å²) in [5.74, 6) is 0.673. The number of aromatic nitrogens is 2. The molecule has 138 valence electrons. The Morgan fingerprint density at radius 1 is 1.15 bits per heavy atom. The van der Waals surface area contributed by atoms with Gasteiger partial charge in [-0.3, -0.25) is 14.4 Å². The van der Waals surface area contributed by atoms with Gasteiger partial charge in [-0.05, 0) is 44.2 Å². The van der Waals surface area contributed by atoms with Gasteiger partial charge in [-0.1, -0.05) is 30.3 Å². The first kappa shape index (κ1) is 17.3. The predicted octanol–water partition coefficient (Wildman–Crippen LogP) is 2.95. The van der Waals surface area contributed by atoms with Crippen LogP contribution < -0.4 is 0 Å². The number of carbonyl (C=O) groups excluding carboxylic acids is 1. The molecular formula is C21H28N4O. The molecule has 5 heteroatoms. The van der Waals surface area contributed by atoms with Gasteiger partial charge in [0.1, 0.15) is 0 Å². The number of carbonyl (C=O) groups is 1. The summed E-state index contributed by atoms with van der Waals surface area (Å²) in [4.78, 5) is 17.7. The van der Waals surface area contributed by atoms with Gasteiger partial charge in [0.05, 0.1) is 0 Å². The standard InChI is InChI=1S/C21H28N4O/c1-3-25-16(2)11-20(22-25)21(26)24-14-18-9-10-19(24)15-23(13-18)12-17-7-5-4-6-8-17/h4-8,11,18-19H,3,9-10,12-15H2,1-2H3/t18-,19+/m0/s1. The molecule has 0 spiro atoms. The molecule has 5 rings (SSSR count). The average molecular weight is 352 g/mol. The lowest BCUT2D eigenvalue weighted by molar-refractivity contribution is 0.0578. The topological polar surface area (TPSA) is 41.4 Å². The van der Waals surface area contributed by atoms with E-state index in [0.717, 1.165) is 44.8 Å². The van der Waals surface area contributed by atoms with Gasteiger partial charge in [-0.2, -0.15) is 5.10 Å². The van der Waals surface area contributed by atoms with Crippen molar-refractivity contribution in [2.24, 2.45) is 5.92 Å². The lowest BCUT2D eigenvalue weighted by atomic mass is 9.94. The van der Waals surface area contributed by atoms with Crippen LogP contribution in [0.25, 0.3) is 0 Å². The molecule has 0 saturated carbocycles. The molecule has 4 heterocycles. The maximum atomic E-state index is 13.1. The minimum Gasteiger partial charge on any atom is -0.333 e. The van der Waals surface area contributed by atoms with E-state index < -0.39 is 0 Å². The molecule has 2 atom stereocenters. The van der Waals surface area contributed by atoms with Crippen LogP contribution in [-0.4, -0.2) is 51.2 Å². The molecule has 1 aromatic heterocycles. The van der Waals surface area contributed by atoms with Gasteiger partial charge >= 0.3 is 0 Å². The van der Waals surface area contributed by atoms with E-state index in [4.69, 9.17) is 0 Å². The Hall–Kier alpha value is -2.14. The number of hydrogen-bond acceptors (Lipinski definition) is 3. The van der Waals surface area contributed by atoms with Crippen molar-refractivity contribution >= 4 is 5.91 Å². The van der Waals surface area contributed by atoms with E-state index >= 15 is 0 Å². The summed E-state index contributed by atoms with van der Waals surface area (Å²) in [6.45, 7) is 8.76. The van der Waals surface area contributed by atoms with E-state index in [9.17, 15) is 4.79 Å². The molecule has 1 aromatic carbocycles. The molecule has 3 aliphatic heterocycles. The fraction of sp³-hybridized carbons (Fsp3) is 0.524. The molecule has 26 heavy (non-hydrogen) atoms. The second-order valence-corrected chi connectivity index (χ2v) is 7.72. The number of benzene rings is 1. The van der Waals surface area contributed by atoms with Crippen LogP contribution in [0.5, 0.6) is 0 Å². The molecule has 0 aliphatic carbocycles. The van der Waals surface area contributed by atoms with E-state index in [0.29, 0.717) is 17.7 Å². The zero-order valence-electron chi connectivity index (χ0n) is 15.8. The first-order valence-electron chi connectivity index (χ1n) is 9.75. The van der Waals surface area contributed by atoms with Crippen molar-refractivity contribution < 1.29 is 4.79 Å². The summed E-state index contributed by atoms with van der Waals surface area (Å²) in [6.07, 6.45) is 2.33. The molecule has 0 N–H and O–H groups in total. The van der Waals surface area contributed by atoms with Crippen LogP contribution in [0.2, 0.25) is 0 Å². The maximum absolute atomic E-state index is 13.1. The van der Waals surface area contributed by atoms with Crippen molar-refractivity contribution in [3.05, 3.63) is 53.3 Å². The number of hydrogen-bond donors (Lipinski definition) is 0. The highest BCUT2D eigenvalue weighted by molar-refractivity contribution is 5.92. The summed E-state index contributed by atoms with van der Waals surface area (Å²) >= 11 is 0. The number of fused-ring (bicyclic) bond motifs is 4. The first-order valence-corrected chi connectivity index (χ1v) is 9.75. The van der Waals surface area contributed by atoms with Crippen molar-refractivity contribution in [2.75, 3.05) is 19.6 Å². The summed E-state index contributed by atoms with van der Waals surface area (Å²) < 4.78 is 1.91. The Balaban J connectivity index is 1.50. The molecule has 0 unspecified atom stereocenters. The van der Waals surface area contributed by atoms with Crippen LogP contribution in [0, 0.1) is 12.8 Å². The van der Waals surface area contributed by atoms with Gasteiger partial charge in [-0.25, -0.2) is 0 Å². The second-order valence-electron chi connectivity index (χ2n) is 7.72. The van der Waals surface area contributed by atoms with E-state index in [1.54, 1.807) is 0 Å². The quantitative estimate of drug-likeness (QED) is 0.849. The Morgan fingerprint density at radius 2 is 1.96 bits per heavy atom. The van der Waals surface area contributed by atoms with Crippen LogP contribution >= 0.6 is 0 Å². The number of aryl methyl sites for hydroxylation is 2. The molecule has 1 amide bonds. The van der Waals surface area contributed by atoms with Crippen molar-refractivity contribution in [2.45, 2.75) is 45.8 Å². The fourth-order valence-electron chi connectivity index (χ4n) is 4.48. The van der Waals surface area contributed by atoms with Crippen LogP contribution in [-0.2, 0) is 13.1 Å². The zero-order valence-corrected chi connectivity index (χ0v) is 15.8. The van der Waals surface area contributed by atoms with Gasteiger partial charge in [0.15, 0.2) is 5.69 Å². The monoisotopic (exact) mass is 352 g/mol. The summed E-state index contributed by atoms with van der Waals surface area (Å²) in [7, 11) is 0.